The largest absolute Gasteiger partial charge is 0.477 e. The van der Waals surface area contributed by atoms with E-state index in [0.717, 1.165) is 0 Å². The maximum atomic E-state index is 11.0. The van der Waals surface area contributed by atoms with Crippen LogP contribution in [0.15, 0.2) is 12.3 Å². The lowest BCUT2D eigenvalue weighted by atomic mass is 9.96. The molecule has 2 aromatic heterocycles. The van der Waals surface area contributed by atoms with Crippen molar-refractivity contribution < 1.29 is 9.90 Å². The van der Waals surface area contributed by atoms with Crippen molar-refractivity contribution in [3.8, 4) is 0 Å². The van der Waals surface area contributed by atoms with Crippen LogP contribution in [-0.2, 0) is 5.41 Å². The molecule has 16 heavy (non-hydrogen) atoms. The zero-order chi connectivity index (χ0) is 11.9. The number of rotatable bonds is 1. The lowest BCUT2D eigenvalue weighted by molar-refractivity contribution is 0.0687. The summed E-state index contributed by atoms with van der Waals surface area (Å²) in [6, 6.07) is 1.40. The van der Waals surface area contributed by atoms with Gasteiger partial charge in [0.2, 0.25) is 0 Å². The Morgan fingerprint density at radius 1 is 1.44 bits per heavy atom. The molecule has 0 saturated heterocycles. The summed E-state index contributed by atoms with van der Waals surface area (Å²) in [5.74, 6) is -0.156. The Hall–Kier alpha value is -1.98. The van der Waals surface area contributed by atoms with E-state index in [1.165, 1.54) is 16.8 Å². The average molecular weight is 220 g/mol. The summed E-state index contributed by atoms with van der Waals surface area (Å²) in [6.07, 6.45) is 1.42. The van der Waals surface area contributed by atoms with Crippen molar-refractivity contribution in [2.75, 3.05) is 0 Å². The van der Waals surface area contributed by atoms with Gasteiger partial charge in [-0.2, -0.15) is 9.50 Å². The van der Waals surface area contributed by atoms with Crippen LogP contribution in [0, 0.1) is 0 Å². The van der Waals surface area contributed by atoms with E-state index in [9.17, 15) is 4.79 Å². The first kappa shape index (κ1) is 10.5. The maximum absolute atomic E-state index is 11.0. The van der Waals surface area contributed by atoms with E-state index in [-0.39, 0.29) is 11.1 Å². The Morgan fingerprint density at radius 2 is 2.12 bits per heavy atom. The van der Waals surface area contributed by atoms with E-state index < -0.39 is 5.97 Å². The summed E-state index contributed by atoms with van der Waals surface area (Å²) >= 11 is 0. The van der Waals surface area contributed by atoms with Crippen LogP contribution in [0.5, 0.6) is 0 Å². The van der Waals surface area contributed by atoms with Crippen molar-refractivity contribution in [3.63, 3.8) is 0 Å². The molecule has 6 nitrogen and oxygen atoms in total. The molecule has 2 heterocycles. The predicted octanol–water partition coefficient (Wildman–Crippen LogP) is 1.12. The number of hydrogen-bond donors (Lipinski definition) is 1. The van der Waals surface area contributed by atoms with Crippen LogP contribution < -0.4 is 0 Å². The van der Waals surface area contributed by atoms with Gasteiger partial charge in [0.05, 0.1) is 0 Å². The van der Waals surface area contributed by atoms with Gasteiger partial charge < -0.3 is 5.11 Å². The van der Waals surface area contributed by atoms with Crippen molar-refractivity contribution in [1.29, 1.82) is 0 Å². The fourth-order valence-electron chi connectivity index (χ4n) is 1.27. The second kappa shape index (κ2) is 3.26. The molecule has 0 unspecified atom stereocenters. The van der Waals surface area contributed by atoms with E-state index in [2.05, 4.69) is 15.1 Å². The highest BCUT2D eigenvalue weighted by Crippen LogP contribution is 2.18. The summed E-state index contributed by atoms with van der Waals surface area (Å²) < 4.78 is 1.25. The minimum atomic E-state index is -1.04. The van der Waals surface area contributed by atoms with Crippen LogP contribution in [0.25, 0.3) is 5.78 Å². The summed E-state index contributed by atoms with van der Waals surface area (Å²) in [6.45, 7) is 5.88. The quantitative estimate of drug-likeness (QED) is 0.778. The van der Waals surface area contributed by atoms with Gasteiger partial charge in [-0.25, -0.2) is 9.78 Å². The molecule has 0 saturated carbocycles. The molecule has 84 valence electrons. The van der Waals surface area contributed by atoms with E-state index in [4.69, 9.17) is 5.11 Å². The van der Waals surface area contributed by atoms with E-state index >= 15 is 0 Å². The highest BCUT2D eigenvalue weighted by Gasteiger charge is 2.21. The minimum Gasteiger partial charge on any atom is -0.477 e. The molecule has 0 aromatic carbocycles. The van der Waals surface area contributed by atoms with Crippen LogP contribution in [-0.4, -0.2) is 30.7 Å². The number of hydrogen-bond acceptors (Lipinski definition) is 4. The van der Waals surface area contributed by atoms with Crippen molar-refractivity contribution in [1.82, 2.24) is 19.6 Å². The van der Waals surface area contributed by atoms with Gasteiger partial charge in [0, 0.05) is 11.6 Å². The number of carboxylic acids is 1. The summed E-state index contributed by atoms with van der Waals surface area (Å²) in [4.78, 5) is 19.1. The third-order valence-electron chi connectivity index (χ3n) is 2.13. The molecule has 2 aromatic rings. The molecule has 2 rings (SSSR count). The second-order valence-corrected chi connectivity index (χ2v) is 4.53. The Kier molecular flexibility index (Phi) is 2.15. The monoisotopic (exact) mass is 220 g/mol. The van der Waals surface area contributed by atoms with Crippen molar-refractivity contribution >= 4 is 11.7 Å². The van der Waals surface area contributed by atoms with E-state index in [1.807, 2.05) is 20.8 Å². The van der Waals surface area contributed by atoms with Gasteiger partial charge in [0.15, 0.2) is 11.5 Å². The molecule has 6 heteroatoms. The molecular formula is C10H12N4O2. The zero-order valence-corrected chi connectivity index (χ0v) is 9.30. The molecule has 0 bridgehead atoms. The first-order valence-corrected chi connectivity index (χ1v) is 4.85. The van der Waals surface area contributed by atoms with Crippen LogP contribution in [0.1, 0.15) is 37.1 Å². The minimum absolute atomic E-state index is 0.0630. The van der Waals surface area contributed by atoms with Gasteiger partial charge in [-0.15, -0.1) is 5.10 Å². The SMILES string of the molecule is CC(C)(C)c1nc2nccc(C(=O)O)n2n1. The molecular weight excluding hydrogens is 208 g/mol. The molecule has 0 radical (unpaired) electrons. The van der Waals surface area contributed by atoms with Crippen molar-refractivity contribution in [2.24, 2.45) is 0 Å². The lowest BCUT2D eigenvalue weighted by Gasteiger charge is -2.11. The van der Waals surface area contributed by atoms with Crippen LogP contribution in [0.3, 0.4) is 0 Å². The molecule has 1 N–H and O–H groups in total. The van der Waals surface area contributed by atoms with Gasteiger partial charge in [-0.1, -0.05) is 20.8 Å². The fourth-order valence-corrected chi connectivity index (χ4v) is 1.27. The number of fused-ring (bicyclic) bond motifs is 1. The van der Waals surface area contributed by atoms with Crippen LogP contribution >= 0.6 is 0 Å². The van der Waals surface area contributed by atoms with Crippen molar-refractivity contribution in [2.45, 2.75) is 26.2 Å². The molecule has 0 fully saturated rings. The molecule has 0 spiro atoms. The van der Waals surface area contributed by atoms with Crippen molar-refractivity contribution in [3.05, 3.63) is 23.8 Å². The number of aromatic carboxylic acids is 1. The normalized spacial score (nSPS) is 11.9. The first-order chi connectivity index (χ1) is 7.39. The Balaban J connectivity index is 2.71. The third-order valence-corrected chi connectivity index (χ3v) is 2.13. The second-order valence-electron chi connectivity index (χ2n) is 4.53. The highest BCUT2D eigenvalue weighted by molar-refractivity contribution is 5.85. The molecule has 0 aliphatic heterocycles. The number of nitrogens with zero attached hydrogens (tertiary/aromatic N) is 4. The number of carbonyl (C=O) groups is 1. The van der Waals surface area contributed by atoms with Gasteiger partial charge in [0.1, 0.15) is 0 Å². The molecule has 0 aliphatic rings. The van der Waals surface area contributed by atoms with Gasteiger partial charge in [0.25, 0.3) is 5.78 Å². The zero-order valence-electron chi connectivity index (χ0n) is 9.30. The summed E-state index contributed by atoms with van der Waals surface area (Å²) in [5.41, 5.74) is -0.170. The average Bonchev–Trinajstić information content (AvgIpc) is 2.59. The highest BCUT2D eigenvalue weighted by atomic mass is 16.4. The Bertz CT molecular complexity index is 553. The number of carboxylic acid groups (broad SMARTS) is 1. The summed E-state index contributed by atoms with van der Waals surface area (Å²) in [7, 11) is 0. The van der Waals surface area contributed by atoms with Crippen LogP contribution in [0.2, 0.25) is 0 Å². The lowest BCUT2D eigenvalue weighted by Crippen LogP contribution is -2.14. The Labute approximate surface area is 92.0 Å². The standard InChI is InChI=1S/C10H12N4O2/c1-10(2,3)8-12-9-11-5-4-6(7(15)16)14(9)13-8/h4-5H,1-3H3,(H,15,16). The predicted molar refractivity (Wildman–Crippen MR) is 56.4 cm³/mol. The van der Waals surface area contributed by atoms with E-state index in [1.54, 1.807) is 0 Å². The van der Waals surface area contributed by atoms with Gasteiger partial charge >= 0.3 is 5.97 Å². The molecule has 0 aliphatic carbocycles. The molecule has 0 atom stereocenters. The maximum Gasteiger partial charge on any atom is 0.354 e. The smallest absolute Gasteiger partial charge is 0.354 e. The molecule has 0 amide bonds. The number of aromatic nitrogens is 4. The fraction of sp³-hybridized carbons (Fsp3) is 0.400. The Morgan fingerprint density at radius 3 is 2.69 bits per heavy atom. The first-order valence-electron chi connectivity index (χ1n) is 4.85. The third kappa shape index (κ3) is 1.62. The van der Waals surface area contributed by atoms with E-state index in [0.29, 0.717) is 11.6 Å². The topological polar surface area (TPSA) is 80.4 Å². The van der Waals surface area contributed by atoms with Gasteiger partial charge in [-0.05, 0) is 6.07 Å². The van der Waals surface area contributed by atoms with Crippen LogP contribution in [0.4, 0.5) is 0 Å². The van der Waals surface area contributed by atoms with Gasteiger partial charge in [-0.3, -0.25) is 0 Å². The summed E-state index contributed by atoms with van der Waals surface area (Å²) in [5, 5.41) is 13.1.